The van der Waals surface area contributed by atoms with Crippen LogP contribution in [0.1, 0.15) is 28.5 Å². The molecule has 0 aromatic heterocycles. The van der Waals surface area contributed by atoms with Crippen LogP contribution in [0.15, 0.2) is 24.3 Å². The molecule has 0 radical (unpaired) electrons. The Morgan fingerprint density at radius 3 is 2.53 bits per heavy atom. The molecule has 5 N–H and O–H groups in total. The number of nitrogens with one attached hydrogen (secondary N) is 2. The number of rotatable bonds is 6. The Balaban J connectivity index is 1.54. The first-order valence-electron chi connectivity index (χ1n) is 10.9. The minimum absolute atomic E-state index is 0.0325. The first-order valence-corrected chi connectivity index (χ1v) is 10.9. The number of carbonyl (C=O) groups excluding carboxylic acids is 3. The van der Waals surface area contributed by atoms with Crippen molar-refractivity contribution in [2.45, 2.75) is 24.8 Å². The monoisotopic (exact) mass is 487 g/mol. The predicted octanol–water partition coefficient (Wildman–Crippen LogP) is 0.187. The van der Waals surface area contributed by atoms with Gasteiger partial charge in [-0.25, -0.2) is 4.79 Å². The van der Waals surface area contributed by atoms with Crippen molar-refractivity contribution in [2.75, 3.05) is 46.0 Å². The molecule has 0 aliphatic carbocycles. The van der Waals surface area contributed by atoms with Crippen LogP contribution in [0.3, 0.4) is 0 Å². The van der Waals surface area contributed by atoms with Gasteiger partial charge in [0.25, 0.3) is 5.91 Å². The molecule has 13 heteroatoms. The molecule has 3 atom stereocenters. The molecular formula is C21H28F3N5O5. The molecule has 10 nitrogen and oxygen atoms in total. The molecule has 188 valence electrons. The topological polar surface area (TPSA) is 137 Å². The van der Waals surface area contributed by atoms with Gasteiger partial charge in [0, 0.05) is 44.3 Å². The fourth-order valence-electron chi connectivity index (χ4n) is 3.87. The van der Waals surface area contributed by atoms with E-state index in [2.05, 4.69) is 5.32 Å². The number of carbonyl (C=O) groups is 3. The molecule has 1 aromatic carbocycles. The number of alkyl halides is 3. The summed E-state index contributed by atoms with van der Waals surface area (Å²) in [6.07, 6.45) is -5.69. The van der Waals surface area contributed by atoms with Crippen molar-refractivity contribution in [3.05, 3.63) is 35.4 Å². The molecule has 3 unspecified atom stereocenters. The number of nitrogens with zero attached hydrogens (tertiary/aromatic N) is 2. The Hall–Kier alpha value is -2.90. The van der Waals surface area contributed by atoms with E-state index in [-0.39, 0.29) is 48.9 Å². The first kappa shape index (κ1) is 25.7. The molecule has 2 saturated heterocycles. The van der Waals surface area contributed by atoms with Crippen molar-refractivity contribution >= 4 is 17.8 Å². The molecular weight excluding hydrogens is 459 g/mol. The average molecular weight is 487 g/mol. The largest absolute Gasteiger partial charge is 0.471 e. The number of hydrogen-bond acceptors (Lipinski definition) is 6. The van der Waals surface area contributed by atoms with Crippen molar-refractivity contribution in [3.63, 3.8) is 0 Å². The number of amides is 4. The number of urea groups is 1. The van der Waals surface area contributed by atoms with E-state index in [0.717, 1.165) is 6.42 Å². The second kappa shape index (κ2) is 11.0. The second-order valence-corrected chi connectivity index (χ2v) is 8.27. The summed E-state index contributed by atoms with van der Waals surface area (Å²) in [5, 5.41) is 13.7. The van der Waals surface area contributed by atoms with Gasteiger partial charge in [-0.1, -0.05) is 12.1 Å². The van der Waals surface area contributed by atoms with Crippen molar-refractivity contribution in [2.24, 2.45) is 11.7 Å². The molecule has 0 saturated carbocycles. The minimum Gasteiger partial charge on any atom is -0.396 e. The van der Waals surface area contributed by atoms with Crippen molar-refractivity contribution in [1.82, 2.24) is 20.4 Å². The van der Waals surface area contributed by atoms with Crippen LogP contribution >= 0.6 is 0 Å². The highest BCUT2D eigenvalue weighted by Gasteiger charge is 2.39. The lowest BCUT2D eigenvalue weighted by Crippen LogP contribution is -2.56. The lowest BCUT2D eigenvalue weighted by Gasteiger charge is -2.38. The van der Waals surface area contributed by atoms with Crippen molar-refractivity contribution < 1.29 is 37.4 Å². The summed E-state index contributed by atoms with van der Waals surface area (Å²) < 4.78 is 42.6. The van der Waals surface area contributed by atoms with Gasteiger partial charge in [-0.15, -0.1) is 0 Å². The molecule has 34 heavy (non-hydrogen) atoms. The molecule has 2 aliphatic heterocycles. The summed E-state index contributed by atoms with van der Waals surface area (Å²) in [6, 6.07) is 4.93. The number of aliphatic hydroxyl groups is 1. The zero-order valence-corrected chi connectivity index (χ0v) is 18.4. The SMILES string of the molecule is NC(NC(=O)C(F)(F)F)c1ccc(C(=O)NCC2COCCN2C(=O)N2CCC(CO)C2)cc1. The maximum absolute atomic E-state index is 12.9. The van der Waals surface area contributed by atoms with Crippen molar-refractivity contribution in [3.8, 4) is 0 Å². The highest BCUT2D eigenvalue weighted by molar-refractivity contribution is 5.94. The van der Waals surface area contributed by atoms with Gasteiger partial charge in [0.15, 0.2) is 0 Å². The highest BCUT2D eigenvalue weighted by Crippen LogP contribution is 2.20. The van der Waals surface area contributed by atoms with Crippen molar-refractivity contribution in [1.29, 1.82) is 0 Å². The number of halogens is 3. The zero-order chi connectivity index (χ0) is 24.9. The van der Waals surface area contributed by atoms with E-state index in [9.17, 15) is 32.7 Å². The fourth-order valence-corrected chi connectivity index (χ4v) is 3.87. The van der Waals surface area contributed by atoms with E-state index >= 15 is 0 Å². The summed E-state index contributed by atoms with van der Waals surface area (Å²) in [7, 11) is 0. The maximum atomic E-state index is 12.9. The quantitative estimate of drug-likeness (QED) is 0.423. The summed E-state index contributed by atoms with van der Waals surface area (Å²) in [4.78, 5) is 39.8. The van der Waals surface area contributed by atoms with Crippen LogP contribution in [0.25, 0.3) is 0 Å². The molecule has 2 fully saturated rings. The van der Waals surface area contributed by atoms with Gasteiger partial charge in [-0.2, -0.15) is 13.2 Å². The number of aliphatic hydroxyl groups excluding tert-OH is 1. The molecule has 0 spiro atoms. The number of benzene rings is 1. The van der Waals surface area contributed by atoms with Crippen LogP contribution in [0.5, 0.6) is 0 Å². The Labute approximate surface area is 194 Å². The number of likely N-dealkylation sites (tertiary alicyclic amines) is 1. The summed E-state index contributed by atoms with van der Waals surface area (Å²) in [5.74, 6) is -2.53. The van der Waals surface area contributed by atoms with Crippen LogP contribution in [-0.2, 0) is 9.53 Å². The average Bonchev–Trinajstić information content (AvgIpc) is 3.31. The Morgan fingerprint density at radius 2 is 1.91 bits per heavy atom. The second-order valence-electron chi connectivity index (χ2n) is 8.27. The Kier molecular flexibility index (Phi) is 8.33. The molecule has 2 heterocycles. The van der Waals surface area contributed by atoms with Gasteiger partial charge >= 0.3 is 18.1 Å². The van der Waals surface area contributed by atoms with Gasteiger partial charge < -0.3 is 36.0 Å². The fraction of sp³-hybridized carbons (Fsp3) is 0.571. The lowest BCUT2D eigenvalue weighted by molar-refractivity contribution is -0.174. The molecule has 3 rings (SSSR count). The van der Waals surface area contributed by atoms with Crippen LogP contribution in [0.4, 0.5) is 18.0 Å². The van der Waals surface area contributed by atoms with Gasteiger partial charge in [0.2, 0.25) is 0 Å². The van der Waals surface area contributed by atoms with Gasteiger partial charge in [0.05, 0.1) is 19.3 Å². The van der Waals surface area contributed by atoms with Crippen LogP contribution in [0, 0.1) is 5.92 Å². The molecule has 0 bridgehead atoms. The van der Waals surface area contributed by atoms with Crippen LogP contribution in [0.2, 0.25) is 0 Å². The third-order valence-corrected chi connectivity index (χ3v) is 5.86. The highest BCUT2D eigenvalue weighted by atomic mass is 19.4. The maximum Gasteiger partial charge on any atom is 0.471 e. The lowest BCUT2D eigenvalue weighted by atomic mass is 10.1. The molecule has 4 amide bonds. The van der Waals surface area contributed by atoms with Crippen LogP contribution in [-0.4, -0.2) is 91.0 Å². The summed E-state index contributed by atoms with van der Waals surface area (Å²) >= 11 is 0. The Morgan fingerprint density at radius 1 is 1.21 bits per heavy atom. The number of nitrogens with two attached hydrogens (primary N) is 1. The van der Waals surface area contributed by atoms with Crippen LogP contribution < -0.4 is 16.4 Å². The number of hydrogen-bond donors (Lipinski definition) is 4. The standard InChI is InChI=1S/C21H28F3N5O5/c22-21(23,24)19(32)27-17(25)14-1-3-15(4-2-14)18(31)26-9-16-12-34-8-7-29(16)20(33)28-6-5-13(10-28)11-30/h1-4,13,16-17,30H,5-12,25H2,(H,26,31)(H,27,32). The molecule has 1 aromatic rings. The third-order valence-electron chi connectivity index (χ3n) is 5.86. The van der Waals surface area contributed by atoms with E-state index in [1.165, 1.54) is 24.3 Å². The smallest absolute Gasteiger partial charge is 0.396 e. The number of ether oxygens (including phenoxy) is 1. The summed E-state index contributed by atoms with van der Waals surface area (Å²) in [5.41, 5.74) is 6.01. The van der Waals surface area contributed by atoms with Gasteiger partial charge in [0.1, 0.15) is 6.17 Å². The molecule has 2 aliphatic rings. The van der Waals surface area contributed by atoms with Gasteiger partial charge in [-0.3, -0.25) is 9.59 Å². The van der Waals surface area contributed by atoms with E-state index in [0.29, 0.717) is 26.2 Å². The van der Waals surface area contributed by atoms with E-state index in [4.69, 9.17) is 10.5 Å². The van der Waals surface area contributed by atoms with Gasteiger partial charge in [-0.05, 0) is 24.1 Å². The third kappa shape index (κ3) is 6.36. The Bertz CT molecular complexity index is 883. The summed E-state index contributed by atoms with van der Waals surface area (Å²) in [6.45, 7) is 2.27. The zero-order valence-electron chi connectivity index (χ0n) is 18.4. The predicted molar refractivity (Wildman–Crippen MR) is 113 cm³/mol. The first-order chi connectivity index (χ1) is 16.1. The van der Waals surface area contributed by atoms with E-state index < -0.39 is 24.2 Å². The normalized spacial score (nSPS) is 21.8. The van der Waals surface area contributed by atoms with E-state index in [1.807, 2.05) is 0 Å². The minimum atomic E-state index is -5.05. The van der Waals surface area contributed by atoms with E-state index in [1.54, 1.807) is 15.1 Å². The number of morpholine rings is 1.